The van der Waals surface area contributed by atoms with Crippen molar-refractivity contribution in [3.63, 3.8) is 0 Å². The van der Waals surface area contributed by atoms with Crippen LogP contribution in [0.15, 0.2) is 0 Å². The molecular formula is C22H38N2O15. The molecule has 0 unspecified atom stereocenters. The fraction of sp³-hybridized carbons (Fsp3) is 0.909. The van der Waals surface area contributed by atoms with Crippen molar-refractivity contribution in [3.8, 4) is 0 Å². The first-order valence-corrected chi connectivity index (χ1v) is 12.4. The Morgan fingerprint density at radius 2 is 1.18 bits per heavy atom. The number of carbonyl (C=O) groups is 2. The smallest absolute Gasteiger partial charge is 0.217 e. The highest BCUT2D eigenvalue weighted by atomic mass is 16.7. The summed E-state index contributed by atoms with van der Waals surface area (Å²) < 4.78 is 28.0. The normalized spacial score (nSPS) is 46.9. The summed E-state index contributed by atoms with van der Waals surface area (Å²) in [6, 6.07) is -2.73. The van der Waals surface area contributed by atoms with Gasteiger partial charge in [0.15, 0.2) is 18.9 Å². The first-order valence-electron chi connectivity index (χ1n) is 12.4. The highest BCUT2D eigenvalue weighted by Gasteiger charge is 2.53. The minimum absolute atomic E-state index is 0.610. The lowest BCUT2D eigenvalue weighted by Crippen LogP contribution is -2.70. The van der Waals surface area contributed by atoms with Crippen LogP contribution < -0.4 is 10.6 Å². The molecule has 3 aliphatic heterocycles. The Bertz CT molecular complexity index is 835. The van der Waals surface area contributed by atoms with Crippen LogP contribution in [0.1, 0.15) is 20.8 Å². The Morgan fingerprint density at radius 3 is 1.74 bits per heavy atom. The van der Waals surface area contributed by atoms with Gasteiger partial charge in [0.05, 0.1) is 19.3 Å². The van der Waals surface area contributed by atoms with Gasteiger partial charge >= 0.3 is 0 Å². The van der Waals surface area contributed by atoms with Gasteiger partial charge in [-0.2, -0.15) is 0 Å². The number of hydrogen-bond acceptors (Lipinski definition) is 15. The summed E-state index contributed by atoms with van der Waals surface area (Å²) in [5, 5.41) is 86.6. The Hall–Kier alpha value is -1.58. The van der Waals surface area contributed by atoms with Gasteiger partial charge in [0, 0.05) is 13.8 Å². The van der Waals surface area contributed by atoms with E-state index in [0.29, 0.717) is 0 Å². The average molecular weight is 571 g/mol. The van der Waals surface area contributed by atoms with Crippen molar-refractivity contribution in [1.82, 2.24) is 10.6 Å². The first-order chi connectivity index (χ1) is 18.3. The molecule has 10 N–H and O–H groups in total. The fourth-order valence-electron chi connectivity index (χ4n) is 4.80. The molecule has 3 rings (SSSR count). The third-order valence-electron chi connectivity index (χ3n) is 6.86. The van der Waals surface area contributed by atoms with E-state index in [0.717, 1.165) is 13.8 Å². The van der Waals surface area contributed by atoms with Crippen LogP contribution in [-0.2, 0) is 33.3 Å². The summed E-state index contributed by atoms with van der Waals surface area (Å²) in [4.78, 5) is 23.9. The predicted octanol–water partition coefficient (Wildman–Crippen LogP) is -6.26. The molecular weight excluding hydrogens is 532 g/mol. The third-order valence-corrected chi connectivity index (χ3v) is 6.86. The molecule has 0 aromatic heterocycles. The molecule has 2 amide bonds. The summed E-state index contributed by atoms with van der Waals surface area (Å²) in [6.45, 7) is 2.25. The van der Waals surface area contributed by atoms with E-state index in [4.69, 9.17) is 23.7 Å². The summed E-state index contributed by atoms with van der Waals surface area (Å²) in [5.74, 6) is -1.25. The minimum Gasteiger partial charge on any atom is -0.394 e. The van der Waals surface area contributed by atoms with Gasteiger partial charge in [-0.3, -0.25) is 9.59 Å². The molecule has 3 aliphatic rings. The van der Waals surface area contributed by atoms with E-state index in [9.17, 15) is 50.4 Å². The van der Waals surface area contributed by atoms with E-state index in [1.807, 2.05) is 0 Å². The van der Waals surface area contributed by atoms with Crippen molar-refractivity contribution in [2.75, 3.05) is 13.2 Å². The molecule has 0 aliphatic carbocycles. The van der Waals surface area contributed by atoms with Crippen molar-refractivity contribution in [2.45, 2.75) is 113 Å². The molecule has 0 saturated carbocycles. The second kappa shape index (κ2) is 13.4. The number of nitrogens with one attached hydrogen (secondary N) is 2. The van der Waals surface area contributed by atoms with E-state index in [1.54, 1.807) is 0 Å². The van der Waals surface area contributed by atoms with Gasteiger partial charge in [-0.15, -0.1) is 0 Å². The maximum absolute atomic E-state index is 12.1. The largest absolute Gasteiger partial charge is 0.394 e. The molecule has 3 saturated heterocycles. The van der Waals surface area contributed by atoms with Crippen molar-refractivity contribution in [2.24, 2.45) is 0 Å². The van der Waals surface area contributed by atoms with Gasteiger partial charge in [0.1, 0.15) is 67.0 Å². The predicted molar refractivity (Wildman–Crippen MR) is 123 cm³/mol. The van der Waals surface area contributed by atoms with Gasteiger partial charge < -0.3 is 75.2 Å². The van der Waals surface area contributed by atoms with E-state index >= 15 is 0 Å². The van der Waals surface area contributed by atoms with Crippen LogP contribution in [0.25, 0.3) is 0 Å². The van der Waals surface area contributed by atoms with Gasteiger partial charge in [0.25, 0.3) is 0 Å². The lowest BCUT2D eigenvalue weighted by molar-refractivity contribution is -0.354. The van der Waals surface area contributed by atoms with Gasteiger partial charge in [0.2, 0.25) is 11.8 Å². The Morgan fingerprint density at radius 1 is 0.667 bits per heavy atom. The second-order valence-corrected chi connectivity index (χ2v) is 9.79. The van der Waals surface area contributed by atoms with E-state index in [-0.39, 0.29) is 0 Å². The van der Waals surface area contributed by atoms with Crippen molar-refractivity contribution in [3.05, 3.63) is 0 Å². The number of amides is 2. The molecule has 0 aromatic carbocycles. The molecule has 39 heavy (non-hydrogen) atoms. The van der Waals surface area contributed by atoms with E-state index < -0.39 is 117 Å². The quantitative estimate of drug-likeness (QED) is 0.130. The average Bonchev–Trinajstić information content (AvgIpc) is 2.87. The Balaban J connectivity index is 1.91. The number of aliphatic hydroxyl groups excluding tert-OH is 8. The summed E-state index contributed by atoms with van der Waals surface area (Å²) in [6.07, 6.45) is -19.9. The number of rotatable bonds is 8. The fourth-order valence-corrected chi connectivity index (χ4v) is 4.80. The summed E-state index contributed by atoms with van der Waals surface area (Å²) in [5.41, 5.74) is 0. The van der Waals surface area contributed by atoms with Crippen LogP contribution in [0.2, 0.25) is 0 Å². The van der Waals surface area contributed by atoms with E-state index in [2.05, 4.69) is 10.6 Å². The summed E-state index contributed by atoms with van der Waals surface area (Å²) >= 11 is 0. The Labute approximate surface area is 223 Å². The lowest BCUT2D eigenvalue weighted by Gasteiger charge is -2.49. The highest BCUT2D eigenvalue weighted by Crippen LogP contribution is 2.32. The highest BCUT2D eigenvalue weighted by molar-refractivity contribution is 5.73. The number of carbonyl (C=O) groups excluding carboxylic acids is 2. The number of hydrogen-bond donors (Lipinski definition) is 10. The third kappa shape index (κ3) is 7.02. The molecule has 0 spiro atoms. The van der Waals surface area contributed by atoms with Crippen molar-refractivity contribution < 1.29 is 74.1 Å². The Kier molecular flexibility index (Phi) is 11.0. The van der Waals surface area contributed by atoms with Gasteiger partial charge in [-0.1, -0.05) is 0 Å². The zero-order valence-electron chi connectivity index (χ0n) is 21.5. The maximum Gasteiger partial charge on any atom is 0.217 e. The minimum atomic E-state index is -1.83. The van der Waals surface area contributed by atoms with E-state index in [1.165, 1.54) is 6.92 Å². The van der Waals surface area contributed by atoms with Crippen LogP contribution in [0.4, 0.5) is 0 Å². The zero-order valence-corrected chi connectivity index (χ0v) is 21.5. The molecule has 0 radical (unpaired) electrons. The molecule has 226 valence electrons. The van der Waals surface area contributed by atoms with Crippen LogP contribution >= 0.6 is 0 Å². The van der Waals surface area contributed by atoms with Gasteiger partial charge in [-0.25, -0.2) is 0 Å². The first kappa shape index (κ1) is 31.9. The zero-order chi connectivity index (χ0) is 29.2. The van der Waals surface area contributed by atoms with Crippen molar-refractivity contribution in [1.29, 1.82) is 0 Å². The number of aliphatic hydroxyl groups is 8. The summed E-state index contributed by atoms with van der Waals surface area (Å²) in [7, 11) is 0. The SMILES string of the molecule is CC(=O)N[C@@H]1[C@H](O[C@H]2[C@H](O)[C@@H](CO)O[C@@H](O)[C@@H]2NC(C)=O)O[C@@H](C)[C@@H](O)[C@H]1O[C@H]1O[C@H](CO)[C@@H](O)[C@H](O)[C@H]1O. The standard InChI is InChI=1S/C22H38N2O15/c1-6-13(29)19(39-22-17(33)16(32)14(30)9(4-25)37-22)12(24-8(3)28)21(35-6)38-18-11(23-7(2)27)20(34)36-10(5-26)15(18)31/h6,9-22,25-26,29-34H,4-5H2,1-3H3,(H,23,27)(H,24,28)/t6-,9+,10+,11+,12-,13+,14+,15+,16-,17+,18+,19-,20+,21-,22+/m0/s1. The molecule has 17 nitrogen and oxygen atoms in total. The molecule has 15 atom stereocenters. The molecule has 0 aromatic rings. The van der Waals surface area contributed by atoms with Crippen LogP contribution in [0.3, 0.4) is 0 Å². The molecule has 3 heterocycles. The van der Waals surface area contributed by atoms with Gasteiger partial charge in [-0.05, 0) is 6.92 Å². The lowest BCUT2D eigenvalue weighted by atomic mass is 9.94. The topological polar surface area (TPSA) is 266 Å². The number of ether oxygens (including phenoxy) is 5. The van der Waals surface area contributed by atoms with Crippen LogP contribution in [0.5, 0.6) is 0 Å². The second-order valence-electron chi connectivity index (χ2n) is 9.79. The maximum atomic E-state index is 12.1. The molecule has 17 heteroatoms. The monoisotopic (exact) mass is 570 g/mol. The molecule has 3 fully saturated rings. The molecule has 0 bridgehead atoms. The van der Waals surface area contributed by atoms with Crippen LogP contribution in [0, 0.1) is 0 Å². The van der Waals surface area contributed by atoms with Crippen molar-refractivity contribution >= 4 is 11.8 Å². The van der Waals surface area contributed by atoms with Crippen LogP contribution in [-0.4, -0.2) is 158 Å².